The van der Waals surface area contributed by atoms with E-state index in [0.29, 0.717) is 6.42 Å². The Morgan fingerprint density at radius 1 is 1.39 bits per heavy atom. The minimum atomic E-state index is 0.137. The van der Waals surface area contributed by atoms with Gasteiger partial charge in [0.25, 0.3) is 0 Å². The molecule has 1 aromatic heterocycles. The normalized spacial score (nSPS) is 10.7. The maximum Gasteiger partial charge on any atom is 0.140 e. The van der Waals surface area contributed by atoms with Gasteiger partial charge in [0.05, 0.1) is 12.8 Å². The van der Waals surface area contributed by atoms with Gasteiger partial charge in [-0.3, -0.25) is 0 Å². The Morgan fingerprint density at radius 3 is 2.83 bits per heavy atom. The molecule has 0 fully saturated rings. The van der Waals surface area contributed by atoms with Gasteiger partial charge in [-0.25, -0.2) is 4.98 Å². The number of aromatic nitrogens is 2. The molecular formula is C14H18N2O2. The Bertz CT molecular complexity index is 547. The molecular weight excluding hydrogens is 228 g/mol. The third-order valence-electron chi connectivity index (χ3n) is 3.09. The fourth-order valence-electron chi connectivity index (χ4n) is 2.14. The Morgan fingerprint density at radius 2 is 2.17 bits per heavy atom. The first-order valence-electron chi connectivity index (χ1n) is 5.95. The molecule has 2 rings (SSSR count). The van der Waals surface area contributed by atoms with Gasteiger partial charge >= 0.3 is 0 Å². The van der Waals surface area contributed by atoms with Crippen molar-refractivity contribution in [2.75, 3.05) is 13.7 Å². The molecule has 0 amide bonds. The number of ether oxygens (including phenoxy) is 1. The number of benzene rings is 1. The quantitative estimate of drug-likeness (QED) is 0.896. The van der Waals surface area contributed by atoms with Gasteiger partial charge in [0.1, 0.15) is 11.6 Å². The highest BCUT2D eigenvalue weighted by atomic mass is 16.5. The average molecular weight is 246 g/mol. The van der Waals surface area contributed by atoms with Crippen LogP contribution in [0.2, 0.25) is 0 Å². The van der Waals surface area contributed by atoms with E-state index in [4.69, 9.17) is 9.84 Å². The Kier molecular flexibility index (Phi) is 3.67. The van der Waals surface area contributed by atoms with Crippen molar-refractivity contribution in [3.8, 4) is 17.1 Å². The number of aliphatic hydroxyl groups excluding tert-OH is 1. The molecule has 0 aliphatic heterocycles. The minimum absolute atomic E-state index is 0.137. The minimum Gasteiger partial charge on any atom is -0.497 e. The summed E-state index contributed by atoms with van der Waals surface area (Å²) in [7, 11) is 3.62. The van der Waals surface area contributed by atoms with Crippen molar-refractivity contribution < 1.29 is 9.84 Å². The second-order valence-electron chi connectivity index (χ2n) is 4.23. The molecule has 0 saturated heterocycles. The van der Waals surface area contributed by atoms with E-state index in [-0.39, 0.29) is 6.61 Å². The molecule has 2 aromatic rings. The van der Waals surface area contributed by atoms with E-state index in [1.165, 1.54) is 0 Å². The zero-order chi connectivity index (χ0) is 13.1. The molecule has 96 valence electrons. The summed E-state index contributed by atoms with van der Waals surface area (Å²) < 4.78 is 7.25. The van der Waals surface area contributed by atoms with Crippen molar-refractivity contribution >= 4 is 0 Å². The summed E-state index contributed by atoms with van der Waals surface area (Å²) in [6, 6.07) is 7.83. The molecule has 0 radical (unpaired) electrons. The zero-order valence-corrected chi connectivity index (χ0v) is 11.0. The fraction of sp³-hybridized carbons (Fsp3) is 0.357. The second-order valence-corrected chi connectivity index (χ2v) is 4.23. The lowest BCUT2D eigenvalue weighted by atomic mass is 10.2. The SMILES string of the molecule is COc1cccc(-c2nc(C)c(CCO)n2C)c1. The number of aliphatic hydroxyl groups is 1. The summed E-state index contributed by atoms with van der Waals surface area (Å²) in [5.74, 6) is 1.71. The highest BCUT2D eigenvalue weighted by Crippen LogP contribution is 2.24. The lowest BCUT2D eigenvalue weighted by Crippen LogP contribution is -2.02. The number of aryl methyl sites for hydroxylation is 1. The number of methoxy groups -OCH3 is 1. The van der Waals surface area contributed by atoms with Gasteiger partial charge in [-0.2, -0.15) is 0 Å². The average Bonchev–Trinajstić information content (AvgIpc) is 2.67. The molecule has 0 saturated carbocycles. The van der Waals surface area contributed by atoms with Crippen molar-refractivity contribution in [3.63, 3.8) is 0 Å². The molecule has 1 aromatic carbocycles. The van der Waals surface area contributed by atoms with E-state index in [1.54, 1.807) is 7.11 Å². The molecule has 18 heavy (non-hydrogen) atoms. The van der Waals surface area contributed by atoms with Crippen LogP contribution >= 0.6 is 0 Å². The van der Waals surface area contributed by atoms with Gasteiger partial charge in [0.15, 0.2) is 0 Å². The predicted octanol–water partition coefficient (Wildman–Crippen LogP) is 1.94. The number of imidazole rings is 1. The first-order chi connectivity index (χ1) is 8.67. The lowest BCUT2D eigenvalue weighted by Gasteiger charge is -2.06. The van der Waals surface area contributed by atoms with Crippen LogP contribution < -0.4 is 4.74 Å². The summed E-state index contributed by atoms with van der Waals surface area (Å²) >= 11 is 0. The molecule has 0 aliphatic carbocycles. The zero-order valence-electron chi connectivity index (χ0n) is 11.0. The van der Waals surface area contributed by atoms with E-state index in [0.717, 1.165) is 28.5 Å². The first kappa shape index (κ1) is 12.6. The smallest absolute Gasteiger partial charge is 0.140 e. The van der Waals surface area contributed by atoms with Crippen LogP contribution in [0.1, 0.15) is 11.4 Å². The van der Waals surface area contributed by atoms with Crippen molar-refractivity contribution in [3.05, 3.63) is 35.7 Å². The largest absolute Gasteiger partial charge is 0.497 e. The number of hydrogen-bond acceptors (Lipinski definition) is 3. The highest BCUT2D eigenvalue weighted by molar-refractivity contribution is 5.59. The van der Waals surface area contributed by atoms with Crippen LogP contribution in [0.3, 0.4) is 0 Å². The van der Waals surface area contributed by atoms with E-state index in [2.05, 4.69) is 4.98 Å². The van der Waals surface area contributed by atoms with Gasteiger partial charge in [0.2, 0.25) is 0 Å². The number of nitrogens with zero attached hydrogens (tertiary/aromatic N) is 2. The molecule has 0 spiro atoms. The summed E-state index contributed by atoms with van der Waals surface area (Å²) in [5.41, 5.74) is 3.05. The van der Waals surface area contributed by atoms with Crippen molar-refractivity contribution in [1.82, 2.24) is 9.55 Å². The fourth-order valence-corrected chi connectivity index (χ4v) is 2.14. The molecule has 0 atom stereocenters. The van der Waals surface area contributed by atoms with Crippen LogP contribution in [0.15, 0.2) is 24.3 Å². The topological polar surface area (TPSA) is 47.3 Å². The van der Waals surface area contributed by atoms with Crippen LogP contribution in [0.4, 0.5) is 0 Å². The molecule has 1 N–H and O–H groups in total. The van der Waals surface area contributed by atoms with E-state index in [9.17, 15) is 0 Å². The first-order valence-corrected chi connectivity index (χ1v) is 5.95. The third kappa shape index (κ3) is 2.24. The molecule has 0 unspecified atom stereocenters. The number of hydrogen-bond donors (Lipinski definition) is 1. The van der Waals surface area contributed by atoms with Crippen molar-refractivity contribution in [2.24, 2.45) is 7.05 Å². The van der Waals surface area contributed by atoms with Crippen LogP contribution in [-0.2, 0) is 13.5 Å². The summed E-state index contributed by atoms with van der Waals surface area (Å²) in [5, 5.41) is 9.07. The van der Waals surface area contributed by atoms with Crippen LogP contribution in [0, 0.1) is 6.92 Å². The maximum absolute atomic E-state index is 9.07. The van der Waals surface area contributed by atoms with Gasteiger partial charge in [-0.05, 0) is 19.1 Å². The predicted molar refractivity (Wildman–Crippen MR) is 70.7 cm³/mol. The highest BCUT2D eigenvalue weighted by Gasteiger charge is 2.12. The van der Waals surface area contributed by atoms with Gasteiger partial charge in [-0.15, -0.1) is 0 Å². The van der Waals surface area contributed by atoms with Crippen LogP contribution in [0.25, 0.3) is 11.4 Å². The molecule has 1 heterocycles. The van der Waals surface area contributed by atoms with Crippen LogP contribution in [-0.4, -0.2) is 28.4 Å². The summed E-state index contributed by atoms with van der Waals surface area (Å²) in [6.07, 6.45) is 0.624. The summed E-state index contributed by atoms with van der Waals surface area (Å²) in [4.78, 5) is 4.57. The van der Waals surface area contributed by atoms with Gasteiger partial charge < -0.3 is 14.4 Å². The van der Waals surface area contributed by atoms with Gasteiger partial charge in [-0.1, -0.05) is 12.1 Å². The Labute approximate surface area is 107 Å². The Balaban J connectivity index is 2.47. The van der Waals surface area contributed by atoms with Crippen molar-refractivity contribution in [1.29, 1.82) is 0 Å². The molecule has 0 bridgehead atoms. The molecule has 0 aliphatic rings. The van der Waals surface area contributed by atoms with Crippen molar-refractivity contribution in [2.45, 2.75) is 13.3 Å². The third-order valence-corrected chi connectivity index (χ3v) is 3.09. The maximum atomic E-state index is 9.07. The summed E-state index contributed by atoms with van der Waals surface area (Å²) in [6.45, 7) is 2.10. The van der Waals surface area contributed by atoms with E-state index in [1.807, 2.05) is 42.8 Å². The van der Waals surface area contributed by atoms with E-state index >= 15 is 0 Å². The second kappa shape index (κ2) is 5.23. The van der Waals surface area contributed by atoms with Crippen LogP contribution in [0.5, 0.6) is 5.75 Å². The monoisotopic (exact) mass is 246 g/mol. The standard InChI is InChI=1S/C14H18N2O2/c1-10-13(7-8-17)16(2)14(15-10)11-5-4-6-12(9-11)18-3/h4-6,9,17H,7-8H2,1-3H3. The Hall–Kier alpha value is -1.81. The lowest BCUT2D eigenvalue weighted by molar-refractivity contribution is 0.296. The number of rotatable bonds is 4. The van der Waals surface area contributed by atoms with Gasteiger partial charge in [0, 0.05) is 31.3 Å². The molecule has 4 heteroatoms. The van der Waals surface area contributed by atoms with E-state index < -0.39 is 0 Å². The molecule has 4 nitrogen and oxygen atoms in total.